The second-order valence-electron chi connectivity index (χ2n) is 8.61. The highest BCUT2D eigenvalue weighted by molar-refractivity contribution is 9.10. The highest BCUT2D eigenvalue weighted by Crippen LogP contribution is 2.49. The first-order valence-corrected chi connectivity index (χ1v) is 10.4. The summed E-state index contributed by atoms with van der Waals surface area (Å²) >= 11 is 9.94. The maximum absolute atomic E-state index is 6.30. The summed E-state index contributed by atoms with van der Waals surface area (Å²) in [5, 5.41) is 0.791. The highest BCUT2D eigenvalue weighted by Gasteiger charge is 2.46. The standard InChI is InChI=1S/C23H25BrClN2/c1-22(2)16-11-14(24)7-9-18(16)26(5)20(22)13-21-23(3,4)17-12-15(25)8-10-19(17)27(21)6/h7-13H,1-6H3/q+1. The van der Waals surface area contributed by atoms with Crippen LogP contribution >= 0.6 is 27.5 Å². The zero-order valence-electron chi connectivity index (χ0n) is 16.7. The van der Waals surface area contributed by atoms with Crippen LogP contribution < -0.4 is 4.90 Å². The van der Waals surface area contributed by atoms with E-state index in [0.29, 0.717) is 0 Å². The molecule has 2 aromatic rings. The molecule has 0 atom stereocenters. The fourth-order valence-electron chi connectivity index (χ4n) is 4.66. The van der Waals surface area contributed by atoms with Crippen molar-refractivity contribution in [3.8, 4) is 0 Å². The van der Waals surface area contributed by atoms with Crippen LogP contribution in [-0.2, 0) is 10.8 Å². The van der Waals surface area contributed by atoms with Gasteiger partial charge in [-0.1, -0.05) is 41.4 Å². The summed E-state index contributed by atoms with van der Waals surface area (Å²) in [5.74, 6) is 0. The molecule has 2 heterocycles. The third-order valence-corrected chi connectivity index (χ3v) is 6.99. The molecule has 4 rings (SSSR count). The lowest BCUT2D eigenvalue weighted by atomic mass is 9.78. The summed E-state index contributed by atoms with van der Waals surface area (Å²) in [6.45, 7) is 9.17. The Morgan fingerprint density at radius 2 is 1.70 bits per heavy atom. The maximum Gasteiger partial charge on any atom is 0.209 e. The van der Waals surface area contributed by atoms with E-state index in [-0.39, 0.29) is 10.8 Å². The van der Waals surface area contributed by atoms with Gasteiger partial charge in [-0.15, -0.1) is 0 Å². The van der Waals surface area contributed by atoms with Gasteiger partial charge in [-0.25, -0.2) is 0 Å². The molecule has 0 aliphatic carbocycles. The molecule has 140 valence electrons. The number of benzene rings is 2. The second-order valence-corrected chi connectivity index (χ2v) is 9.96. The summed E-state index contributed by atoms with van der Waals surface area (Å²) in [7, 11) is 4.32. The van der Waals surface area contributed by atoms with Crippen LogP contribution in [0.2, 0.25) is 5.02 Å². The van der Waals surface area contributed by atoms with Crippen molar-refractivity contribution in [2.45, 2.75) is 38.5 Å². The Kier molecular flexibility index (Phi) is 4.14. The summed E-state index contributed by atoms with van der Waals surface area (Å²) in [6, 6.07) is 12.8. The summed E-state index contributed by atoms with van der Waals surface area (Å²) in [4.78, 5) is 2.31. The number of halogens is 2. The largest absolute Gasteiger partial charge is 0.347 e. The Morgan fingerprint density at radius 1 is 1.00 bits per heavy atom. The Balaban J connectivity index is 1.89. The minimum atomic E-state index is -0.103. The van der Waals surface area contributed by atoms with Gasteiger partial charge in [0.15, 0.2) is 5.71 Å². The van der Waals surface area contributed by atoms with Crippen molar-refractivity contribution in [3.05, 3.63) is 68.8 Å². The molecule has 2 nitrogen and oxygen atoms in total. The van der Waals surface area contributed by atoms with Crippen molar-refractivity contribution < 1.29 is 4.58 Å². The first kappa shape index (κ1) is 18.8. The van der Waals surface area contributed by atoms with E-state index in [2.05, 4.69) is 104 Å². The van der Waals surface area contributed by atoms with Crippen LogP contribution in [0.3, 0.4) is 0 Å². The molecule has 0 radical (unpaired) electrons. The first-order chi connectivity index (χ1) is 12.5. The van der Waals surface area contributed by atoms with E-state index in [1.807, 2.05) is 6.07 Å². The number of hydrogen-bond donors (Lipinski definition) is 0. The summed E-state index contributed by atoms with van der Waals surface area (Å²) in [6.07, 6.45) is 2.38. The summed E-state index contributed by atoms with van der Waals surface area (Å²) in [5.41, 5.74) is 7.57. The van der Waals surface area contributed by atoms with Crippen LogP contribution in [0.5, 0.6) is 0 Å². The predicted molar refractivity (Wildman–Crippen MR) is 119 cm³/mol. The Morgan fingerprint density at radius 3 is 2.41 bits per heavy atom. The first-order valence-electron chi connectivity index (χ1n) is 9.22. The van der Waals surface area contributed by atoms with Crippen molar-refractivity contribution in [1.29, 1.82) is 0 Å². The van der Waals surface area contributed by atoms with E-state index in [4.69, 9.17) is 11.6 Å². The molecule has 0 N–H and O–H groups in total. The van der Waals surface area contributed by atoms with Crippen LogP contribution in [0.4, 0.5) is 11.4 Å². The smallest absolute Gasteiger partial charge is 0.209 e. The van der Waals surface area contributed by atoms with E-state index < -0.39 is 0 Å². The topological polar surface area (TPSA) is 6.25 Å². The number of hydrogen-bond acceptors (Lipinski definition) is 1. The molecule has 0 saturated carbocycles. The van der Waals surface area contributed by atoms with Gasteiger partial charge in [0.25, 0.3) is 0 Å². The zero-order chi connectivity index (χ0) is 19.7. The van der Waals surface area contributed by atoms with E-state index in [0.717, 1.165) is 9.50 Å². The lowest BCUT2D eigenvalue weighted by Crippen LogP contribution is -2.31. The number of allylic oxidation sites excluding steroid dienone is 2. The molecule has 0 aromatic heterocycles. The average molecular weight is 445 g/mol. The molecular weight excluding hydrogens is 420 g/mol. The van der Waals surface area contributed by atoms with Gasteiger partial charge in [0.2, 0.25) is 5.69 Å². The number of anilines is 1. The maximum atomic E-state index is 6.30. The molecule has 4 heteroatoms. The van der Waals surface area contributed by atoms with E-state index in [9.17, 15) is 0 Å². The van der Waals surface area contributed by atoms with Gasteiger partial charge in [-0.05, 0) is 49.7 Å². The van der Waals surface area contributed by atoms with Gasteiger partial charge < -0.3 is 4.90 Å². The van der Waals surface area contributed by atoms with E-state index >= 15 is 0 Å². The Hall–Kier alpha value is -1.58. The van der Waals surface area contributed by atoms with Crippen molar-refractivity contribution >= 4 is 44.6 Å². The monoisotopic (exact) mass is 443 g/mol. The third kappa shape index (κ3) is 2.62. The van der Waals surface area contributed by atoms with Crippen molar-refractivity contribution in [2.24, 2.45) is 0 Å². The molecule has 2 aromatic carbocycles. The molecule has 0 saturated heterocycles. The number of nitrogens with zero attached hydrogens (tertiary/aromatic N) is 2. The Labute approximate surface area is 175 Å². The third-order valence-electron chi connectivity index (χ3n) is 6.26. The van der Waals surface area contributed by atoms with Crippen LogP contribution in [0.1, 0.15) is 38.8 Å². The number of fused-ring (bicyclic) bond motifs is 2. The van der Waals surface area contributed by atoms with Gasteiger partial charge in [0, 0.05) is 51.0 Å². The van der Waals surface area contributed by atoms with Gasteiger partial charge in [-0.2, -0.15) is 4.58 Å². The van der Waals surface area contributed by atoms with Crippen LogP contribution in [0, 0.1) is 0 Å². The van der Waals surface area contributed by atoms with Crippen LogP contribution in [0.25, 0.3) is 0 Å². The van der Waals surface area contributed by atoms with E-state index in [1.54, 1.807) is 0 Å². The number of likely N-dealkylation sites (N-methyl/N-ethyl adjacent to an activating group) is 1. The molecule has 2 aliphatic rings. The molecule has 2 aliphatic heterocycles. The van der Waals surface area contributed by atoms with Gasteiger partial charge >= 0.3 is 0 Å². The lowest BCUT2D eigenvalue weighted by Gasteiger charge is -2.25. The fraction of sp³-hybridized carbons (Fsp3) is 0.348. The predicted octanol–water partition coefficient (Wildman–Crippen LogP) is 6.42. The molecule has 27 heavy (non-hydrogen) atoms. The molecule has 0 bridgehead atoms. The molecule has 0 fully saturated rings. The second kappa shape index (κ2) is 5.96. The minimum absolute atomic E-state index is 0.0653. The van der Waals surface area contributed by atoms with Crippen molar-refractivity contribution in [1.82, 2.24) is 0 Å². The molecule has 0 amide bonds. The van der Waals surface area contributed by atoms with Crippen molar-refractivity contribution in [2.75, 3.05) is 19.0 Å². The lowest BCUT2D eigenvalue weighted by molar-refractivity contribution is -0.401. The molecule has 0 spiro atoms. The fourth-order valence-corrected chi connectivity index (χ4v) is 5.19. The number of rotatable bonds is 1. The molecule has 0 unspecified atom stereocenters. The molecular formula is C23H25BrClN2+. The highest BCUT2D eigenvalue weighted by atomic mass is 79.9. The zero-order valence-corrected chi connectivity index (χ0v) is 19.0. The SMILES string of the molecule is CN1/C(=C\C2=[N+](C)c3ccc(Br)cc3C2(C)C)C(C)(C)c2cc(Cl)ccc21. The van der Waals surface area contributed by atoms with Gasteiger partial charge in [0.05, 0.1) is 5.41 Å². The van der Waals surface area contributed by atoms with Gasteiger partial charge in [-0.3, -0.25) is 0 Å². The van der Waals surface area contributed by atoms with Crippen molar-refractivity contribution in [3.63, 3.8) is 0 Å². The average Bonchev–Trinajstić information content (AvgIpc) is 2.89. The Bertz CT molecular complexity index is 1030. The van der Waals surface area contributed by atoms with Crippen LogP contribution in [0.15, 0.2) is 52.6 Å². The van der Waals surface area contributed by atoms with E-state index in [1.165, 1.54) is 33.9 Å². The van der Waals surface area contributed by atoms with Gasteiger partial charge in [0.1, 0.15) is 7.05 Å². The minimum Gasteiger partial charge on any atom is -0.347 e. The summed E-state index contributed by atoms with van der Waals surface area (Å²) < 4.78 is 3.45. The quantitative estimate of drug-likeness (QED) is 0.460. The normalized spacial score (nSPS) is 21.0. The van der Waals surface area contributed by atoms with Crippen LogP contribution in [-0.4, -0.2) is 24.4 Å².